The van der Waals surface area contributed by atoms with Crippen molar-refractivity contribution in [2.75, 3.05) is 13.1 Å². The minimum Gasteiger partial charge on any atom is -0.381 e. The minimum absolute atomic E-state index is 0.0307. The molecule has 1 saturated heterocycles. The Morgan fingerprint density at radius 3 is 2.42 bits per heavy atom. The van der Waals surface area contributed by atoms with Crippen LogP contribution in [0, 0.1) is 5.41 Å². The van der Waals surface area contributed by atoms with Gasteiger partial charge in [0.15, 0.2) is 11.7 Å². The van der Waals surface area contributed by atoms with E-state index in [9.17, 15) is 18.0 Å². The van der Waals surface area contributed by atoms with E-state index in [-0.39, 0.29) is 28.7 Å². The molecule has 1 aliphatic rings. The summed E-state index contributed by atoms with van der Waals surface area (Å²) < 4.78 is 29.0. The predicted molar refractivity (Wildman–Crippen MR) is 139 cm³/mol. The monoisotopic (exact) mass is 515 g/mol. The van der Waals surface area contributed by atoms with Crippen LogP contribution in [-0.2, 0) is 19.6 Å². The quantitative estimate of drug-likeness (QED) is 0.237. The molecule has 0 saturated carbocycles. The number of piperidine rings is 1. The van der Waals surface area contributed by atoms with Crippen molar-refractivity contribution in [2.45, 2.75) is 56.9 Å². The molecule has 12 heteroatoms. The van der Waals surface area contributed by atoms with Crippen LogP contribution in [0.2, 0.25) is 0 Å². The van der Waals surface area contributed by atoms with Crippen LogP contribution in [0.1, 0.15) is 46.0 Å². The average molecular weight is 516 g/mol. The van der Waals surface area contributed by atoms with Crippen molar-refractivity contribution in [3.63, 3.8) is 0 Å². The van der Waals surface area contributed by atoms with Crippen molar-refractivity contribution < 1.29 is 18.0 Å². The van der Waals surface area contributed by atoms with Crippen LogP contribution >= 0.6 is 0 Å². The molecule has 2 aromatic rings. The maximum Gasteiger partial charge on any atom is 0.262 e. The summed E-state index contributed by atoms with van der Waals surface area (Å²) in [5, 5.41) is 8.75. The maximum absolute atomic E-state index is 14.1. The molecule has 1 aliphatic heterocycles. The van der Waals surface area contributed by atoms with E-state index in [0.29, 0.717) is 30.3 Å². The van der Waals surface area contributed by atoms with Crippen LogP contribution in [0.15, 0.2) is 46.3 Å². The lowest BCUT2D eigenvalue weighted by Gasteiger charge is -2.35. The number of hydrogen-bond acceptors (Lipinski definition) is 6. The number of rotatable bonds is 8. The Labute approximate surface area is 211 Å². The van der Waals surface area contributed by atoms with E-state index in [1.54, 1.807) is 35.2 Å². The van der Waals surface area contributed by atoms with Gasteiger partial charge in [-0.25, -0.2) is 13.4 Å². The molecule has 11 nitrogen and oxygen atoms in total. The number of aliphatic imine (C=N–C) groups is 1. The van der Waals surface area contributed by atoms with Gasteiger partial charge in [0.2, 0.25) is 11.8 Å². The summed E-state index contributed by atoms with van der Waals surface area (Å²) in [5.41, 5.74) is 13.7. The number of fused-ring (bicyclic) bond motifs is 1. The zero-order chi connectivity index (χ0) is 26.5. The number of hydrogen-bond donors (Lipinski definition) is 4. The van der Waals surface area contributed by atoms with Crippen LogP contribution in [0.4, 0.5) is 5.69 Å². The van der Waals surface area contributed by atoms with E-state index in [1.165, 1.54) is 13.0 Å². The summed E-state index contributed by atoms with van der Waals surface area (Å²) in [6, 6.07) is 8.77. The van der Waals surface area contributed by atoms with Gasteiger partial charge in [-0.05, 0) is 37.1 Å². The van der Waals surface area contributed by atoms with Crippen molar-refractivity contribution in [3.8, 4) is 0 Å². The first-order valence-electron chi connectivity index (χ1n) is 11.9. The summed E-state index contributed by atoms with van der Waals surface area (Å²) in [4.78, 5) is 31.3. The summed E-state index contributed by atoms with van der Waals surface area (Å²) in [5.74, 6) is -1.87. The zero-order valence-corrected chi connectivity index (χ0v) is 21.3. The van der Waals surface area contributed by atoms with E-state index in [4.69, 9.17) is 16.9 Å². The molecule has 6 N–H and O–H groups in total. The van der Waals surface area contributed by atoms with Crippen molar-refractivity contribution >= 4 is 50.0 Å². The number of carbonyl (C=O) groups excluding carboxylic acids is 2. The second-order valence-corrected chi connectivity index (χ2v) is 10.5. The summed E-state index contributed by atoms with van der Waals surface area (Å²) in [7, 11) is -4.51. The number of hydrazine groups is 1. The van der Waals surface area contributed by atoms with Crippen LogP contribution in [0.3, 0.4) is 0 Å². The SMILES string of the molecule is CCCC(C(=O)N1CCCCC1)N(NC(C)=O)S(=O)(=O)c1ccc2ccccc2c1N=C(N)C(=N)N. The standard InChI is InChI=1S/C24H33N7O4S/c1-3-9-19(24(33)30-14-7-4-8-15-30)31(29-16(2)32)36(34,35)20-13-12-17-10-5-6-11-18(17)21(20)28-23(27)22(25)26/h5-6,10-13,19H,3-4,7-9,14-15H2,1-2H3,(H3,25,26)(H2,27,28)(H,29,32). The third-order valence-corrected chi connectivity index (χ3v) is 7.72. The van der Waals surface area contributed by atoms with Crippen molar-refractivity contribution in [1.29, 1.82) is 5.41 Å². The maximum atomic E-state index is 14.1. The summed E-state index contributed by atoms with van der Waals surface area (Å²) >= 11 is 0. The highest BCUT2D eigenvalue weighted by atomic mass is 32.2. The van der Waals surface area contributed by atoms with Gasteiger partial charge in [-0.15, -0.1) is 0 Å². The molecule has 0 aliphatic carbocycles. The van der Waals surface area contributed by atoms with Crippen LogP contribution < -0.4 is 16.9 Å². The lowest BCUT2D eigenvalue weighted by Crippen LogP contribution is -2.57. The van der Waals surface area contributed by atoms with E-state index >= 15 is 0 Å². The number of likely N-dealkylation sites (tertiary alicyclic amines) is 1. The fraction of sp³-hybridized carbons (Fsp3) is 0.417. The van der Waals surface area contributed by atoms with Crippen LogP contribution in [0.5, 0.6) is 0 Å². The highest BCUT2D eigenvalue weighted by Crippen LogP contribution is 2.35. The lowest BCUT2D eigenvalue weighted by atomic mass is 10.1. The minimum atomic E-state index is -4.51. The number of nitrogens with two attached hydrogens (primary N) is 2. The number of nitrogens with zero attached hydrogens (tertiary/aromatic N) is 3. The van der Waals surface area contributed by atoms with Crippen molar-refractivity contribution in [2.24, 2.45) is 16.5 Å². The Hall–Kier alpha value is -3.51. The van der Waals surface area contributed by atoms with Gasteiger partial charge in [0.25, 0.3) is 10.0 Å². The first kappa shape index (κ1) is 27.1. The molecule has 1 fully saturated rings. The average Bonchev–Trinajstić information content (AvgIpc) is 2.86. The Kier molecular flexibility index (Phi) is 8.64. The molecule has 3 rings (SSSR count). The van der Waals surface area contributed by atoms with Crippen LogP contribution in [-0.4, -0.2) is 60.3 Å². The van der Waals surface area contributed by atoms with Gasteiger partial charge in [0, 0.05) is 25.4 Å². The first-order valence-corrected chi connectivity index (χ1v) is 13.3. The fourth-order valence-corrected chi connectivity index (χ4v) is 5.88. The Morgan fingerprint density at radius 2 is 1.81 bits per heavy atom. The van der Waals surface area contributed by atoms with Gasteiger partial charge < -0.3 is 16.4 Å². The van der Waals surface area contributed by atoms with Crippen molar-refractivity contribution in [3.05, 3.63) is 36.4 Å². The molecule has 1 unspecified atom stereocenters. The van der Waals surface area contributed by atoms with Gasteiger partial charge in [-0.3, -0.25) is 20.4 Å². The number of benzene rings is 2. The largest absolute Gasteiger partial charge is 0.381 e. The molecular weight excluding hydrogens is 482 g/mol. The van der Waals surface area contributed by atoms with Crippen LogP contribution in [0.25, 0.3) is 10.8 Å². The van der Waals surface area contributed by atoms with Crippen molar-refractivity contribution in [1.82, 2.24) is 14.7 Å². The van der Waals surface area contributed by atoms with Gasteiger partial charge in [0.05, 0.1) is 5.69 Å². The second-order valence-electron chi connectivity index (χ2n) is 8.70. The molecule has 0 spiro atoms. The first-order chi connectivity index (χ1) is 17.1. The number of carbonyl (C=O) groups is 2. The molecule has 0 radical (unpaired) electrons. The topological polar surface area (TPSA) is 175 Å². The predicted octanol–water partition coefficient (Wildman–Crippen LogP) is 1.99. The molecule has 0 bridgehead atoms. The highest BCUT2D eigenvalue weighted by Gasteiger charge is 2.40. The molecule has 1 atom stereocenters. The number of amides is 2. The summed E-state index contributed by atoms with van der Waals surface area (Å²) in [6.45, 7) is 4.10. The Balaban J connectivity index is 2.22. The Morgan fingerprint density at radius 1 is 1.14 bits per heavy atom. The van der Waals surface area contributed by atoms with E-state index in [1.807, 2.05) is 6.92 Å². The normalized spacial score (nSPS) is 15.6. The lowest BCUT2D eigenvalue weighted by molar-refractivity contribution is -0.138. The smallest absolute Gasteiger partial charge is 0.262 e. The van der Waals surface area contributed by atoms with Gasteiger partial charge in [0.1, 0.15) is 10.9 Å². The van der Waals surface area contributed by atoms with E-state index in [0.717, 1.165) is 23.7 Å². The zero-order valence-electron chi connectivity index (χ0n) is 20.5. The third-order valence-electron chi connectivity index (χ3n) is 5.97. The third kappa shape index (κ3) is 5.82. The second kappa shape index (κ2) is 11.5. The summed E-state index contributed by atoms with van der Waals surface area (Å²) in [6.07, 6.45) is 3.40. The molecule has 1 heterocycles. The highest BCUT2D eigenvalue weighted by molar-refractivity contribution is 7.89. The fourth-order valence-electron chi connectivity index (χ4n) is 4.25. The van der Waals surface area contributed by atoms with E-state index in [2.05, 4.69) is 10.4 Å². The number of amidine groups is 2. The van der Waals surface area contributed by atoms with Gasteiger partial charge in [-0.1, -0.05) is 48.1 Å². The number of sulfonamides is 1. The van der Waals surface area contributed by atoms with E-state index < -0.39 is 27.8 Å². The molecular formula is C24H33N7O4S. The molecule has 36 heavy (non-hydrogen) atoms. The molecule has 2 amide bonds. The van der Waals surface area contributed by atoms with Gasteiger partial charge >= 0.3 is 0 Å². The molecule has 194 valence electrons. The Bertz CT molecular complexity index is 1290. The van der Waals surface area contributed by atoms with Gasteiger partial charge in [-0.2, -0.15) is 0 Å². The molecule has 0 aromatic heterocycles. The number of nitrogens with one attached hydrogen (secondary N) is 2. The molecule has 2 aromatic carbocycles.